The monoisotopic (exact) mass is 381 g/mol. The summed E-state index contributed by atoms with van der Waals surface area (Å²) in [5.74, 6) is -2.57. The first-order valence-electron chi connectivity index (χ1n) is 8.19. The van der Waals surface area contributed by atoms with Crippen LogP contribution < -0.4 is 5.32 Å². The Kier molecular flexibility index (Phi) is 6.11. The Labute approximate surface area is 148 Å². The Morgan fingerprint density at radius 3 is 2.62 bits per heavy atom. The van der Waals surface area contributed by atoms with E-state index in [1.54, 1.807) is 17.5 Å². The fourth-order valence-corrected chi connectivity index (χ4v) is 3.01. The largest absolute Gasteiger partial charge is 0.471 e. The highest BCUT2D eigenvalue weighted by Crippen LogP contribution is 2.30. The molecule has 0 spiro atoms. The number of halogens is 3. The summed E-state index contributed by atoms with van der Waals surface area (Å²) < 4.78 is 48.4. The molecule has 1 heterocycles. The molecule has 0 aromatic heterocycles. The molecule has 0 saturated carbocycles. The van der Waals surface area contributed by atoms with Crippen molar-refractivity contribution in [3.8, 4) is 0 Å². The van der Waals surface area contributed by atoms with E-state index in [4.69, 9.17) is 9.47 Å². The van der Waals surface area contributed by atoms with Crippen LogP contribution in [0.5, 0.6) is 0 Å². The van der Waals surface area contributed by atoms with Crippen LogP contribution in [-0.2, 0) is 19.1 Å². The number of aliphatic hydroxyl groups is 2. The minimum absolute atomic E-state index is 0.0186. The molecule has 10 heteroatoms. The molecular weight excluding hydrogens is 359 g/mol. The molecule has 6 unspecified atom stereocenters. The predicted octanol–water partition coefficient (Wildman–Crippen LogP) is 0.585. The van der Waals surface area contributed by atoms with E-state index in [0.29, 0.717) is 0 Å². The topological polar surface area (TPSA) is 105 Å². The second-order valence-electron chi connectivity index (χ2n) is 6.67. The fourth-order valence-electron chi connectivity index (χ4n) is 3.01. The van der Waals surface area contributed by atoms with Crippen molar-refractivity contribution in [3.05, 3.63) is 12.2 Å². The van der Waals surface area contributed by atoms with E-state index >= 15 is 0 Å². The van der Waals surface area contributed by atoms with Crippen LogP contribution >= 0.6 is 0 Å². The maximum absolute atomic E-state index is 12.4. The maximum atomic E-state index is 12.4. The Bertz CT molecular complexity index is 581. The summed E-state index contributed by atoms with van der Waals surface area (Å²) in [5, 5.41) is 22.0. The number of alkyl halides is 3. The van der Waals surface area contributed by atoms with Gasteiger partial charge in [-0.2, -0.15) is 13.2 Å². The van der Waals surface area contributed by atoms with Crippen LogP contribution in [0, 0.1) is 0 Å². The number of carbonyl (C=O) groups is 2. The Balaban J connectivity index is 2.02. The van der Waals surface area contributed by atoms with Gasteiger partial charge in [0.1, 0.15) is 11.7 Å². The van der Waals surface area contributed by atoms with Crippen LogP contribution in [-0.4, -0.2) is 64.3 Å². The second-order valence-corrected chi connectivity index (χ2v) is 6.67. The molecule has 0 aromatic rings. The number of hydrogen-bond acceptors (Lipinski definition) is 6. The molecule has 1 saturated heterocycles. The van der Waals surface area contributed by atoms with Gasteiger partial charge in [0.15, 0.2) is 12.1 Å². The van der Waals surface area contributed by atoms with Gasteiger partial charge in [0, 0.05) is 19.3 Å². The van der Waals surface area contributed by atoms with E-state index < -0.39 is 54.1 Å². The highest BCUT2D eigenvalue weighted by Gasteiger charge is 2.45. The van der Waals surface area contributed by atoms with E-state index in [1.165, 1.54) is 13.8 Å². The van der Waals surface area contributed by atoms with Gasteiger partial charge in [-0.25, -0.2) is 0 Å². The van der Waals surface area contributed by atoms with Crippen molar-refractivity contribution in [1.29, 1.82) is 0 Å². The molecule has 1 aliphatic carbocycles. The molecule has 1 fully saturated rings. The predicted molar refractivity (Wildman–Crippen MR) is 81.8 cm³/mol. The minimum atomic E-state index is -5.07. The van der Waals surface area contributed by atoms with Gasteiger partial charge in [0.05, 0.1) is 18.2 Å². The normalized spacial score (nSPS) is 38.0. The van der Waals surface area contributed by atoms with E-state index in [1.807, 2.05) is 0 Å². The zero-order chi connectivity index (χ0) is 19.7. The lowest BCUT2D eigenvalue weighted by molar-refractivity contribution is -0.241. The number of carbonyl (C=O) groups excluding carboxylic acids is 2. The average Bonchev–Trinajstić information content (AvgIpc) is 2.51. The standard InChI is InChI=1S/C16H22F3NO6/c1-8-13(22)11(20-14(23)16(17,18)19)6-12(25-8)26-10-4-3-5-15(24,7-10)9(2)21/h3-4,8,10-13,22,24H,5-7H2,1-2H3,(H,20,23). The van der Waals surface area contributed by atoms with Gasteiger partial charge in [-0.3, -0.25) is 9.59 Å². The molecule has 2 aliphatic rings. The Morgan fingerprint density at radius 2 is 2.04 bits per heavy atom. The first kappa shape index (κ1) is 20.8. The lowest BCUT2D eigenvalue weighted by Crippen LogP contribution is -2.57. The van der Waals surface area contributed by atoms with Gasteiger partial charge in [0.2, 0.25) is 0 Å². The van der Waals surface area contributed by atoms with E-state index in [0.717, 1.165) is 0 Å². The summed E-state index contributed by atoms with van der Waals surface area (Å²) in [7, 11) is 0. The van der Waals surface area contributed by atoms with Crippen LogP contribution in [0.3, 0.4) is 0 Å². The van der Waals surface area contributed by atoms with Gasteiger partial charge in [-0.15, -0.1) is 0 Å². The first-order valence-corrected chi connectivity index (χ1v) is 8.19. The molecular formula is C16H22F3NO6. The van der Waals surface area contributed by atoms with Crippen molar-refractivity contribution in [2.75, 3.05) is 0 Å². The highest BCUT2D eigenvalue weighted by molar-refractivity contribution is 5.85. The highest BCUT2D eigenvalue weighted by atomic mass is 19.4. The average molecular weight is 381 g/mol. The summed E-state index contributed by atoms with van der Waals surface area (Å²) in [4.78, 5) is 22.7. The summed E-state index contributed by atoms with van der Waals surface area (Å²) >= 11 is 0. The van der Waals surface area contributed by atoms with Gasteiger partial charge in [0.25, 0.3) is 0 Å². The van der Waals surface area contributed by atoms with E-state index in [-0.39, 0.29) is 19.3 Å². The third-order valence-corrected chi connectivity index (χ3v) is 4.61. The summed E-state index contributed by atoms with van der Waals surface area (Å²) in [6.07, 6.45) is -5.87. The summed E-state index contributed by atoms with van der Waals surface area (Å²) in [5.41, 5.74) is -1.57. The molecule has 148 valence electrons. The van der Waals surface area contributed by atoms with Crippen LogP contribution in [0.2, 0.25) is 0 Å². The van der Waals surface area contributed by atoms with Crippen LogP contribution in [0.1, 0.15) is 33.1 Å². The zero-order valence-corrected chi connectivity index (χ0v) is 14.3. The first-order chi connectivity index (χ1) is 11.9. The maximum Gasteiger partial charge on any atom is 0.471 e. The van der Waals surface area contributed by atoms with Gasteiger partial charge in [-0.05, 0) is 13.8 Å². The van der Waals surface area contributed by atoms with Crippen molar-refractivity contribution < 1.29 is 42.4 Å². The van der Waals surface area contributed by atoms with Crippen LogP contribution in [0.4, 0.5) is 13.2 Å². The molecule has 26 heavy (non-hydrogen) atoms. The number of amides is 1. The zero-order valence-electron chi connectivity index (χ0n) is 14.3. The molecule has 2 rings (SSSR count). The van der Waals surface area contributed by atoms with Crippen molar-refractivity contribution in [1.82, 2.24) is 5.32 Å². The quantitative estimate of drug-likeness (QED) is 0.616. The number of hydrogen-bond donors (Lipinski definition) is 3. The Morgan fingerprint density at radius 1 is 1.38 bits per heavy atom. The Hall–Kier alpha value is -1.49. The fraction of sp³-hybridized carbons (Fsp3) is 0.750. The molecule has 3 N–H and O–H groups in total. The molecule has 7 nitrogen and oxygen atoms in total. The lowest BCUT2D eigenvalue weighted by atomic mass is 9.84. The molecule has 1 aliphatic heterocycles. The number of ether oxygens (including phenoxy) is 2. The van der Waals surface area contributed by atoms with Crippen molar-refractivity contribution in [2.24, 2.45) is 0 Å². The van der Waals surface area contributed by atoms with E-state index in [9.17, 15) is 33.0 Å². The number of nitrogens with one attached hydrogen (secondary N) is 1. The van der Waals surface area contributed by atoms with Crippen LogP contribution in [0.15, 0.2) is 12.2 Å². The van der Waals surface area contributed by atoms with Crippen LogP contribution in [0.25, 0.3) is 0 Å². The summed E-state index contributed by atoms with van der Waals surface area (Å²) in [6.45, 7) is 2.70. The van der Waals surface area contributed by atoms with Gasteiger partial charge in [-0.1, -0.05) is 12.2 Å². The van der Waals surface area contributed by atoms with Gasteiger partial charge < -0.3 is 25.0 Å². The summed E-state index contributed by atoms with van der Waals surface area (Å²) in [6, 6.07) is -1.21. The third-order valence-electron chi connectivity index (χ3n) is 4.61. The molecule has 6 atom stereocenters. The van der Waals surface area contributed by atoms with Gasteiger partial charge >= 0.3 is 12.1 Å². The third kappa shape index (κ3) is 4.81. The molecule has 0 radical (unpaired) electrons. The molecule has 0 aromatic carbocycles. The number of rotatable bonds is 4. The van der Waals surface area contributed by atoms with Crippen molar-refractivity contribution in [2.45, 2.75) is 75.5 Å². The number of aliphatic hydroxyl groups excluding tert-OH is 1. The van der Waals surface area contributed by atoms with Crippen molar-refractivity contribution >= 4 is 11.7 Å². The van der Waals surface area contributed by atoms with E-state index in [2.05, 4.69) is 0 Å². The molecule has 1 amide bonds. The second kappa shape index (κ2) is 7.63. The SMILES string of the molecule is CC(=O)C1(O)CC=CC(OC2CC(NC(=O)C(F)(F)F)C(O)C(C)O2)C1. The number of ketones is 1. The minimum Gasteiger partial charge on any atom is -0.388 e. The molecule has 0 bridgehead atoms. The number of Topliss-reactive ketones (excluding diaryl/α,β-unsaturated/α-hetero) is 1. The smallest absolute Gasteiger partial charge is 0.388 e. The van der Waals surface area contributed by atoms with Crippen molar-refractivity contribution in [3.63, 3.8) is 0 Å². The lowest BCUT2D eigenvalue weighted by Gasteiger charge is -2.40.